The number of halogens is 2. The number of benzene rings is 2. The number of thioether (sulfide) groups is 1. The van der Waals surface area contributed by atoms with Crippen molar-refractivity contribution in [1.29, 1.82) is 0 Å². The van der Waals surface area contributed by atoms with Gasteiger partial charge in [0.25, 0.3) is 0 Å². The lowest BCUT2D eigenvalue weighted by Gasteiger charge is -2.32. The number of ether oxygens (including phenoxy) is 1. The highest BCUT2D eigenvalue weighted by molar-refractivity contribution is 7.99. The summed E-state index contributed by atoms with van der Waals surface area (Å²) in [4.78, 5) is 14.5. The van der Waals surface area contributed by atoms with Crippen LogP contribution in [0.25, 0.3) is 11.4 Å². The third-order valence-electron chi connectivity index (χ3n) is 5.62. The zero-order chi connectivity index (χ0) is 23.4. The molecule has 33 heavy (non-hydrogen) atoms. The SMILES string of the molecule is CCn1c(SCC(=O)N2CCC(Oc3ccc(F)cc3F)CC2)nnc1-c1cccc(C)c1. The van der Waals surface area contributed by atoms with Gasteiger partial charge in [-0.25, -0.2) is 8.78 Å². The molecule has 4 rings (SSSR count). The van der Waals surface area contributed by atoms with Crippen molar-refractivity contribution < 1.29 is 18.3 Å². The van der Waals surface area contributed by atoms with Crippen molar-refractivity contribution in [2.75, 3.05) is 18.8 Å². The first-order chi connectivity index (χ1) is 15.9. The van der Waals surface area contributed by atoms with Crippen LogP contribution in [0.4, 0.5) is 8.78 Å². The third kappa shape index (κ3) is 5.52. The molecule has 9 heteroatoms. The fourth-order valence-corrected chi connectivity index (χ4v) is 4.77. The average Bonchev–Trinajstić information content (AvgIpc) is 3.23. The van der Waals surface area contributed by atoms with Gasteiger partial charge in [-0.2, -0.15) is 0 Å². The van der Waals surface area contributed by atoms with Crippen LogP contribution < -0.4 is 4.74 Å². The lowest BCUT2D eigenvalue weighted by molar-refractivity contribution is -0.130. The maximum Gasteiger partial charge on any atom is 0.233 e. The van der Waals surface area contributed by atoms with Crippen molar-refractivity contribution in [1.82, 2.24) is 19.7 Å². The van der Waals surface area contributed by atoms with Crippen molar-refractivity contribution in [3.63, 3.8) is 0 Å². The molecule has 2 heterocycles. The summed E-state index contributed by atoms with van der Waals surface area (Å²) in [6.07, 6.45) is 0.980. The summed E-state index contributed by atoms with van der Waals surface area (Å²) in [6.45, 7) is 5.83. The molecule has 1 aliphatic heterocycles. The van der Waals surface area contributed by atoms with Gasteiger partial charge in [0, 0.05) is 44.1 Å². The predicted octanol–water partition coefficient (Wildman–Crippen LogP) is 4.71. The van der Waals surface area contributed by atoms with E-state index >= 15 is 0 Å². The number of aromatic nitrogens is 3. The highest BCUT2D eigenvalue weighted by atomic mass is 32.2. The maximum absolute atomic E-state index is 13.8. The maximum atomic E-state index is 13.8. The zero-order valence-electron chi connectivity index (χ0n) is 18.6. The smallest absolute Gasteiger partial charge is 0.233 e. The minimum absolute atomic E-state index is 0.0224. The first-order valence-electron chi connectivity index (χ1n) is 11.0. The van der Waals surface area contributed by atoms with Crippen LogP contribution in [-0.4, -0.2) is 50.5 Å². The Morgan fingerprint density at radius 2 is 1.94 bits per heavy atom. The summed E-state index contributed by atoms with van der Waals surface area (Å²) < 4.78 is 34.6. The van der Waals surface area contributed by atoms with Crippen LogP contribution in [0, 0.1) is 18.6 Å². The van der Waals surface area contributed by atoms with Crippen molar-refractivity contribution in [2.45, 2.75) is 44.5 Å². The first-order valence-corrected chi connectivity index (χ1v) is 12.0. The minimum atomic E-state index is -0.713. The first kappa shape index (κ1) is 23.2. The van der Waals surface area contributed by atoms with Crippen LogP contribution in [0.1, 0.15) is 25.3 Å². The molecule has 0 saturated carbocycles. The average molecular weight is 473 g/mol. The van der Waals surface area contributed by atoms with Crippen molar-refractivity contribution in [2.24, 2.45) is 0 Å². The molecule has 6 nitrogen and oxygen atoms in total. The molecule has 1 fully saturated rings. The highest BCUT2D eigenvalue weighted by Crippen LogP contribution is 2.26. The van der Waals surface area contributed by atoms with E-state index in [0.29, 0.717) is 37.6 Å². The second-order valence-corrected chi connectivity index (χ2v) is 8.92. The van der Waals surface area contributed by atoms with Crippen LogP contribution in [0.3, 0.4) is 0 Å². The van der Waals surface area contributed by atoms with E-state index in [4.69, 9.17) is 4.74 Å². The second kappa shape index (κ2) is 10.3. The van der Waals surface area contributed by atoms with E-state index in [2.05, 4.69) is 16.3 Å². The molecule has 2 aromatic carbocycles. The fraction of sp³-hybridized carbons (Fsp3) is 0.375. The Morgan fingerprint density at radius 1 is 1.15 bits per heavy atom. The van der Waals surface area contributed by atoms with E-state index in [1.54, 1.807) is 4.90 Å². The van der Waals surface area contributed by atoms with Gasteiger partial charge in [-0.3, -0.25) is 4.79 Å². The van der Waals surface area contributed by atoms with Gasteiger partial charge in [0.15, 0.2) is 22.5 Å². The minimum Gasteiger partial charge on any atom is -0.487 e. The molecule has 0 N–H and O–H groups in total. The topological polar surface area (TPSA) is 60.2 Å². The molecule has 0 aliphatic carbocycles. The number of carbonyl (C=O) groups excluding carboxylic acids is 1. The summed E-state index contributed by atoms with van der Waals surface area (Å²) in [5.74, 6) is -0.224. The van der Waals surface area contributed by atoms with Crippen LogP contribution in [-0.2, 0) is 11.3 Å². The molecule has 0 radical (unpaired) electrons. The van der Waals surface area contributed by atoms with Gasteiger partial charge in [-0.1, -0.05) is 35.5 Å². The number of hydrogen-bond acceptors (Lipinski definition) is 5. The Balaban J connectivity index is 1.31. The number of likely N-dealkylation sites (tertiary alicyclic amines) is 1. The molecule has 0 atom stereocenters. The number of carbonyl (C=O) groups is 1. The van der Waals surface area contributed by atoms with Gasteiger partial charge in [0.05, 0.1) is 5.75 Å². The standard InChI is InChI=1S/C24H26F2N4O2S/c1-3-30-23(17-6-4-5-16(2)13-17)27-28-24(30)33-15-22(31)29-11-9-19(10-12-29)32-21-8-7-18(25)14-20(21)26/h4-8,13-14,19H,3,9-12,15H2,1-2H3. The number of nitrogens with zero attached hydrogens (tertiary/aromatic N) is 4. The molecular weight excluding hydrogens is 446 g/mol. The number of hydrogen-bond donors (Lipinski definition) is 0. The van der Waals surface area contributed by atoms with Crippen molar-refractivity contribution in [3.8, 4) is 17.1 Å². The van der Waals surface area contributed by atoms with Gasteiger partial charge < -0.3 is 14.2 Å². The summed E-state index contributed by atoms with van der Waals surface area (Å²) >= 11 is 1.38. The van der Waals surface area contributed by atoms with Gasteiger partial charge in [-0.05, 0) is 32.0 Å². The van der Waals surface area contributed by atoms with E-state index in [1.807, 2.05) is 36.6 Å². The molecule has 0 spiro atoms. The van der Waals surface area contributed by atoms with E-state index < -0.39 is 11.6 Å². The lowest BCUT2D eigenvalue weighted by Crippen LogP contribution is -2.42. The number of rotatable bonds is 7. The molecule has 174 valence electrons. The van der Waals surface area contributed by atoms with Crippen molar-refractivity contribution >= 4 is 17.7 Å². The quantitative estimate of drug-likeness (QED) is 0.466. The summed E-state index contributed by atoms with van der Waals surface area (Å²) in [6, 6.07) is 11.4. The largest absolute Gasteiger partial charge is 0.487 e. The Kier molecular flexibility index (Phi) is 7.27. The van der Waals surface area contributed by atoms with Crippen LogP contribution in [0.2, 0.25) is 0 Å². The van der Waals surface area contributed by atoms with Gasteiger partial charge in [-0.15, -0.1) is 10.2 Å². The van der Waals surface area contributed by atoms with Crippen LogP contribution >= 0.6 is 11.8 Å². The van der Waals surface area contributed by atoms with Gasteiger partial charge >= 0.3 is 0 Å². The monoisotopic (exact) mass is 472 g/mol. The summed E-state index contributed by atoms with van der Waals surface area (Å²) in [5.41, 5.74) is 2.15. The third-order valence-corrected chi connectivity index (χ3v) is 6.57. The molecule has 3 aromatic rings. The molecule has 0 unspecified atom stereocenters. The zero-order valence-corrected chi connectivity index (χ0v) is 19.4. The van der Waals surface area contributed by atoms with E-state index in [-0.39, 0.29) is 23.5 Å². The molecule has 0 bridgehead atoms. The highest BCUT2D eigenvalue weighted by Gasteiger charge is 2.25. The Bertz CT molecular complexity index is 1130. The summed E-state index contributed by atoms with van der Waals surface area (Å²) in [7, 11) is 0. The normalized spacial score (nSPS) is 14.5. The van der Waals surface area contributed by atoms with E-state index in [0.717, 1.165) is 23.0 Å². The number of aryl methyl sites for hydroxylation is 1. The lowest BCUT2D eigenvalue weighted by atomic mass is 10.1. The number of piperidine rings is 1. The Labute approximate surface area is 196 Å². The number of amides is 1. The Hall–Kier alpha value is -2.94. The van der Waals surface area contributed by atoms with E-state index in [1.165, 1.54) is 23.9 Å². The molecule has 1 amide bonds. The van der Waals surface area contributed by atoms with Crippen LogP contribution in [0.15, 0.2) is 47.6 Å². The molecule has 1 aromatic heterocycles. The van der Waals surface area contributed by atoms with Gasteiger partial charge in [0.2, 0.25) is 5.91 Å². The molecular formula is C24H26F2N4O2S. The molecule has 1 aliphatic rings. The second-order valence-electron chi connectivity index (χ2n) is 7.98. The van der Waals surface area contributed by atoms with Crippen LogP contribution in [0.5, 0.6) is 5.75 Å². The summed E-state index contributed by atoms with van der Waals surface area (Å²) in [5, 5.41) is 9.37. The fourth-order valence-electron chi connectivity index (χ4n) is 3.87. The molecule has 1 saturated heterocycles. The Morgan fingerprint density at radius 3 is 2.64 bits per heavy atom. The van der Waals surface area contributed by atoms with Crippen molar-refractivity contribution in [3.05, 3.63) is 59.7 Å². The van der Waals surface area contributed by atoms with Gasteiger partial charge in [0.1, 0.15) is 11.9 Å². The predicted molar refractivity (Wildman–Crippen MR) is 123 cm³/mol. The van der Waals surface area contributed by atoms with E-state index in [9.17, 15) is 13.6 Å².